The summed E-state index contributed by atoms with van der Waals surface area (Å²) in [5.74, 6) is -1.85. The van der Waals surface area contributed by atoms with Gasteiger partial charge in [-0.05, 0) is 24.3 Å². The molecule has 0 saturated carbocycles. The van der Waals surface area contributed by atoms with Crippen molar-refractivity contribution in [2.45, 2.75) is 4.90 Å². The number of benzene rings is 2. The van der Waals surface area contributed by atoms with Crippen LogP contribution in [-0.2, 0) is 24.2 Å². The lowest BCUT2D eigenvalue weighted by Gasteiger charge is -2.26. The van der Waals surface area contributed by atoms with Crippen LogP contribution in [0.1, 0.15) is 20.7 Å². The molecule has 1 heterocycles. The van der Waals surface area contributed by atoms with Crippen LogP contribution < -0.4 is 4.74 Å². The average molecular weight is 480 g/mol. The van der Waals surface area contributed by atoms with Gasteiger partial charge < -0.3 is 18.9 Å². The first-order valence-corrected chi connectivity index (χ1v) is 11.0. The Labute approximate surface area is 188 Å². The Kier molecular flexibility index (Phi) is 7.26. The van der Waals surface area contributed by atoms with Gasteiger partial charge in [0.2, 0.25) is 10.0 Å². The first kappa shape index (κ1) is 24.1. The zero-order chi connectivity index (χ0) is 24.2. The van der Waals surface area contributed by atoms with Crippen LogP contribution in [0.25, 0.3) is 0 Å². The van der Waals surface area contributed by atoms with Gasteiger partial charge in [0, 0.05) is 25.2 Å². The topological polar surface area (TPSA) is 152 Å². The molecule has 0 amide bonds. The third-order valence-corrected chi connectivity index (χ3v) is 6.62. The summed E-state index contributed by atoms with van der Waals surface area (Å²) in [6, 6.07) is 6.82. The zero-order valence-electron chi connectivity index (χ0n) is 17.7. The number of carbonyl (C=O) groups excluding carboxylic acids is 2. The summed E-state index contributed by atoms with van der Waals surface area (Å²) in [6.07, 6.45) is 0. The number of morpholine rings is 1. The minimum Gasteiger partial charge on any atom is -0.465 e. The molecule has 1 aliphatic heterocycles. The summed E-state index contributed by atoms with van der Waals surface area (Å²) in [6.45, 7) is 0.478. The summed E-state index contributed by atoms with van der Waals surface area (Å²) in [4.78, 5) is 34.1. The quantitative estimate of drug-likeness (QED) is 0.327. The largest absolute Gasteiger partial charge is 0.465 e. The molecule has 0 atom stereocenters. The number of rotatable bonds is 7. The summed E-state index contributed by atoms with van der Waals surface area (Å²) < 4.78 is 47.8. The second kappa shape index (κ2) is 9.94. The van der Waals surface area contributed by atoms with Crippen LogP contribution in [0.3, 0.4) is 0 Å². The van der Waals surface area contributed by atoms with Crippen LogP contribution in [0.15, 0.2) is 41.3 Å². The fourth-order valence-corrected chi connectivity index (χ4v) is 4.62. The fourth-order valence-electron chi connectivity index (χ4n) is 3.08. The highest BCUT2D eigenvalue weighted by Crippen LogP contribution is 2.35. The summed E-state index contributed by atoms with van der Waals surface area (Å²) in [5.41, 5.74) is -0.544. The molecule has 2 aromatic carbocycles. The average Bonchev–Trinajstić information content (AvgIpc) is 2.83. The van der Waals surface area contributed by atoms with Gasteiger partial charge in [0.1, 0.15) is 16.4 Å². The van der Waals surface area contributed by atoms with Crippen molar-refractivity contribution in [1.82, 2.24) is 4.31 Å². The Bertz CT molecular complexity index is 1160. The van der Waals surface area contributed by atoms with E-state index < -0.39 is 37.5 Å². The van der Waals surface area contributed by atoms with Gasteiger partial charge in [-0.15, -0.1) is 0 Å². The molecule has 13 heteroatoms. The number of esters is 2. The molecule has 0 aromatic heterocycles. The first-order chi connectivity index (χ1) is 15.7. The minimum atomic E-state index is -4.19. The molecule has 33 heavy (non-hydrogen) atoms. The second-order valence-corrected chi connectivity index (χ2v) is 8.64. The highest BCUT2D eigenvalue weighted by molar-refractivity contribution is 7.89. The van der Waals surface area contributed by atoms with Gasteiger partial charge in [-0.2, -0.15) is 4.31 Å². The SMILES string of the molecule is COC(=O)c1cc(Oc2ccc([N+](=O)[O-])cc2S(=O)(=O)N2CCOCC2)cc(C(=O)OC)c1. The van der Waals surface area contributed by atoms with Crippen molar-refractivity contribution in [3.63, 3.8) is 0 Å². The van der Waals surface area contributed by atoms with E-state index in [4.69, 9.17) is 9.47 Å². The molecule has 12 nitrogen and oxygen atoms in total. The fraction of sp³-hybridized carbons (Fsp3) is 0.300. The normalized spacial score (nSPS) is 14.4. The van der Waals surface area contributed by atoms with E-state index in [1.54, 1.807) is 0 Å². The molecule has 1 saturated heterocycles. The molecular weight excluding hydrogens is 460 g/mol. The maximum Gasteiger partial charge on any atom is 0.338 e. The number of sulfonamides is 1. The molecule has 0 radical (unpaired) electrons. The molecular formula is C20H20N2O10S. The van der Waals surface area contributed by atoms with Crippen LogP contribution >= 0.6 is 0 Å². The number of carbonyl (C=O) groups is 2. The molecule has 1 fully saturated rings. The second-order valence-electron chi connectivity index (χ2n) is 6.74. The van der Waals surface area contributed by atoms with Gasteiger partial charge >= 0.3 is 11.9 Å². The van der Waals surface area contributed by atoms with Crippen molar-refractivity contribution in [1.29, 1.82) is 0 Å². The lowest BCUT2D eigenvalue weighted by molar-refractivity contribution is -0.385. The first-order valence-electron chi connectivity index (χ1n) is 9.53. The van der Waals surface area contributed by atoms with Gasteiger partial charge in [0.15, 0.2) is 0 Å². The Morgan fingerprint density at radius 3 is 2.09 bits per heavy atom. The molecule has 1 aliphatic rings. The number of nitrogens with zero attached hydrogens (tertiary/aromatic N) is 2. The van der Waals surface area contributed by atoms with Gasteiger partial charge in [0.25, 0.3) is 5.69 Å². The number of ether oxygens (including phenoxy) is 4. The van der Waals surface area contributed by atoms with Crippen LogP contribution in [-0.4, -0.2) is 70.1 Å². The van der Waals surface area contributed by atoms with Crippen molar-refractivity contribution >= 4 is 27.6 Å². The third kappa shape index (κ3) is 5.27. The maximum atomic E-state index is 13.2. The molecule has 0 N–H and O–H groups in total. The van der Waals surface area contributed by atoms with Crippen molar-refractivity contribution in [3.05, 3.63) is 57.6 Å². The van der Waals surface area contributed by atoms with E-state index in [0.29, 0.717) is 0 Å². The number of methoxy groups -OCH3 is 2. The maximum absolute atomic E-state index is 13.2. The van der Waals surface area contributed by atoms with Crippen molar-refractivity contribution < 1.29 is 41.9 Å². The minimum absolute atomic E-state index is 0.0464. The molecule has 176 valence electrons. The highest BCUT2D eigenvalue weighted by atomic mass is 32.2. The molecule has 0 spiro atoms. The highest BCUT2D eigenvalue weighted by Gasteiger charge is 2.31. The third-order valence-electron chi connectivity index (χ3n) is 4.70. The van der Waals surface area contributed by atoms with Gasteiger partial charge in [0.05, 0.1) is 43.5 Å². The monoisotopic (exact) mass is 480 g/mol. The molecule has 3 rings (SSSR count). The smallest absolute Gasteiger partial charge is 0.338 e. The molecule has 0 aliphatic carbocycles. The lowest BCUT2D eigenvalue weighted by Crippen LogP contribution is -2.40. The van der Waals surface area contributed by atoms with Gasteiger partial charge in [-0.25, -0.2) is 18.0 Å². The standard InChI is InChI=1S/C20H20N2O10S/c1-29-19(23)13-9-14(20(24)30-2)11-16(10-13)32-17-4-3-15(22(25)26)12-18(17)33(27,28)21-5-7-31-8-6-21/h3-4,9-12H,5-8H2,1-2H3. The number of hydrogen-bond donors (Lipinski definition) is 0. The Hall–Kier alpha value is -3.55. The number of non-ortho nitro benzene ring substituents is 1. The number of nitro benzene ring substituents is 1. The van der Waals surface area contributed by atoms with E-state index in [0.717, 1.165) is 36.7 Å². The van der Waals surface area contributed by atoms with Crippen LogP contribution in [0.5, 0.6) is 11.5 Å². The Morgan fingerprint density at radius 2 is 1.58 bits per heavy atom. The van der Waals surface area contributed by atoms with E-state index in [9.17, 15) is 28.1 Å². The predicted octanol–water partition coefficient (Wildman–Crippen LogP) is 1.98. The van der Waals surface area contributed by atoms with E-state index in [2.05, 4.69) is 9.47 Å². The van der Waals surface area contributed by atoms with E-state index in [1.807, 2.05) is 0 Å². The summed E-state index contributed by atoms with van der Waals surface area (Å²) in [7, 11) is -1.89. The lowest BCUT2D eigenvalue weighted by atomic mass is 10.1. The Balaban J connectivity index is 2.11. The van der Waals surface area contributed by atoms with E-state index >= 15 is 0 Å². The molecule has 0 unspecified atom stereocenters. The van der Waals surface area contributed by atoms with Crippen molar-refractivity contribution in [3.8, 4) is 11.5 Å². The summed E-state index contributed by atoms with van der Waals surface area (Å²) >= 11 is 0. The molecule has 0 bridgehead atoms. The summed E-state index contributed by atoms with van der Waals surface area (Å²) in [5, 5.41) is 11.3. The van der Waals surface area contributed by atoms with Gasteiger partial charge in [-0.3, -0.25) is 10.1 Å². The predicted molar refractivity (Wildman–Crippen MR) is 112 cm³/mol. The van der Waals surface area contributed by atoms with Crippen LogP contribution in [0.2, 0.25) is 0 Å². The Morgan fingerprint density at radius 1 is 1.00 bits per heavy atom. The van der Waals surface area contributed by atoms with Crippen molar-refractivity contribution in [2.24, 2.45) is 0 Å². The van der Waals surface area contributed by atoms with Crippen molar-refractivity contribution in [2.75, 3.05) is 40.5 Å². The van der Waals surface area contributed by atoms with Crippen LogP contribution in [0.4, 0.5) is 5.69 Å². The van der Waals surface area contributed by atoms with E-state index in [1.165, 1.54) is 18.2 Å². The van der Waals surface area contributed by atoms with Crippen LogP contribution in [0, 0.1) is 10.1 Å². The molecule has 2 aromatic rings. The number of nitro groups is 1. The van der Waals surface area contributed by atoms with Gasteiger partial charge in [-0.1, -0.05) is 0 Å². The van der Waals surface area contributed by atoms with E-state index in [-0.39, 0.29) is 48.9 Å². The zero-order valence-corrected chi connectivity index (χ0v) is 18.5. The number of hydrogen-bond acceptors (Lipinski definition) is 10.